The molecule has 3 nitrogen and oxygen atoms in total. The van der Waals surface area contributed by atoms with E-state index in [0.29, 0.717) is 5.56 Å². The van der Waals surface area contributed by atoms with E-state index in [0.717, 1.165) is 0 Å². The van der Waals surface area contributed by atoms with E-state index < -0.39 is 12.1 Å². The molecule has 0 spiro atoms. The molecule has 0 amide bonds. The van der Waals surface area contributed by atoms with Crippen molar-refractivity contribution in [3.05, 3.63) is 28.6 Å². The van der Waals surface area contributed by atoms with Gasteiger partial charge in [0.2, 0.25) is 0 Å². The van der Waals surface area contributed by atoms with E-state index in [1.54, 1.807) is 19.1 Å². The van der Waals surface area contributed by atoms with E-state index in [4.69, 9.17) is 10.5 Å². The smallest absolute Gasteiger partial charge is 0.236 e. The summed E-state index contributed by atoms with van der Waals surface area (Å²) in [6.07, 6.45) is -2.89. The average Bonchev–Trinajstić information content (AvgIpc) is 2.18. The third kappa shape index (κ3) is 2.26. The Morgan fingerprint density at radius 2 is 2.13 bits per heavy atom. The van der Waals surface area contributed by atoms with Crippen molar-refractivity contribution in [1.29, 1.82) is 10.5 Å². The molecule has 0 aliphatic heterocycles. The molecule has 1 rings (SSSR count). The van der Waals surface area contributed by atoms with Gasteiger partial charge in [-0.3, -0.25) is 0 Å². The van der Waals surface area contributed by atoms with E-state index in [2.05, 4.69) is 4.98 Å². The van der Waals surface area contributed by atoms with Crippen LogP contribution in [0.1, 0.15) is 28.9 Å². The molecule has 0 unspecified atom stereocenters. The predicted molar refractivity (Wildman–Crippen MR) is 48.0 cm³/mol. The van der Waals surface area contributed by atoms with Gasteiger partial charge in [0, 0.05) is 0 Å². The number of pyridine rings is 1. The molecule has 0 fully saturated rings. The summed E-state index contributed by atoms with van der Waals surface area (Å²) in [5.74, 6) is 0. The van der Waals surface area contributed by atoms with Crippen LogP contribution in [0, 0.1) is 29.6 Å². The summed E-state index contributed by atoms with van der Waals surface area (Å²) < 4.78 is 25.0. The van der Waals surface area contributed by atoms with Crippen molar-refractivity contribution < 1.29 is 8.78 Å². The molecule has 0 aliphatic carbocycles. The lowest BCUT2D eigenvalue weighted by Gasteiger charge is -2.07. The maximum absolute atomic E-state index is 12.5. The maximum Gasteiger partial charge on any atom is 0.280 e. The Balaban J connectivity index is 3.35. The minimum Gasteiger partial charge on any atom is -0.236 e. The number of halogens is 2. The fourth-order valence-corrected chi connectivity index (χ4v) is 1.21. The number of alkyl halides is 2. The second-order valence-electron chi connectivity index (χ2n) is 2.95. The lowest BCUT2D eigenvalue weighted by atomic mass is 10.1. The Labute approximate surface area is 85.6 Å². The van der Waals surface area contributed by atoms with Gasteiger partial charge < -0.3 is 0 Å². The number of aryl methyl sites for hydroxylation is 1. The topological polar surface area (TPSA) is 60.5 Å². The number of hydrogen-bond donors (Lipinski definition) is 0. The number of hydrogen-bond acceptors (Lipinski definition) is 3. The third-order valence-corrected chi connectivity index (χ3v) is 1.91. The second kappa shape index (κ2) is 4.47. The fourth-order valence-electron chi connectivity index (χ4n) is 1.21. The van der Waals surface area contributed by atoms with Crippen molar-refractivity contribution in [2.75, 3.05) is 0 Å². The molecule has 5 heteroatoms. The Kier molecular flexibility index (Phi) is 3.30. The van der Waals surface area contributed by atoms with Crippen LogP contribution in [0.25, 0.3) is 0 Å². The van der Waals surface area contributed by atoms with Gasteiger partial charge in [0.1, 0.15) is 17.5 Å². The van der Waals surface area contributed by atoms with Crippen molar-refractivity contribution in [2.24, 2.45) is 0 Å². The normalized spacial score (nSPS) is 9.73. The van der Waals surface area contributed by atoms with Crippen molar-refractivity contribution in [3.63, 3.8) is 0 Å². The number of nitrogens with zero attached hydrogens (tertiary/aromatic N) is 3. The lowest BCUT2D eigenvalue weighted by molar-refractivity contribution is 0.145. The molecule has 15 heavy (non-hydrogen) atoms. The molecular weight excluding hydrogens is 200 g/mol. The van der Waals surface area contributed by atoms with Crippen LogP contribution in [-0.2, 0) is 6.42 Å². The van der Waals surface area contributed by atoms with Crippen LogP contribution in [0.15, 0.2) is 6.07 Å². The molecule has 1 aromatic rings. The number of rotatable bonds is 2. The van der Waals surface area contributed by atoms with Gasteiger partial charge in [-0.15, -0.1) is 0 Å². The highest BCUT2D eigenvalue weighted by molar-refractivity contribution is 5.37. The standard InChI is InChI=1S/C10H7F2N3/c1-6-4-7(2-3-13)9(10(11)12)15-8(6)5-14/h4,10H,2H2,1H3. The van der Waals surface area contributed by atoms with E-state index >= 15 is 0 Å². The van der Waals surface area contributed by atoms with Gasteiger partial charge in [0.05, 0.1) is 12.5 Å². The van der Waals surface area contributed by atoms with Gasteiger partial charge in [0.15, 0.2) is 0 Å². The van der Waals surface area contributed by atoms with Gasteiger partial charge in [0.25, 0.3) is 6.43 Å². The molecule has 0 atom stereocenters. The van der Waals surface area contributed by atoms with Gasteiger partial charge in [-0.1, -0.05) is 6.07 Å². The molecule has 0 saturated carbocycles. The molecule has 0 bridgehead atoms. The van der Waals surface area contributed by atoms with E-state index in [1.165, 1.54) is 6.07 Å². The zero-order valence-electron chi connectivity index (χ0n) is 7.96. The molecule has 0 radical (unpaired) electrons. The first-order chi connectivity index (χ1) is 7.10. The SMILES string of the molecule is Cc1cc(CC#N)c(C(F)F)nc1C#N. The van der Waals surface area contributed by atoms with E-state index in [1.807, 2.05) is 0 Å². The summed E-state index contributed by atoms with van der Waals surface area (Å²) >= 11 is 0. The first-order valence-electron chi connectivity index (χ1n) is 4.15. The summed E-state index contributed by atoms with van der Waals surface area (Å²) in [6, 6.07) is 4.93. The summed E-state index contributed by atoms with van der Waals surface area (Å²) in [4.78, 5) is 3.55. The first-order valence-corrected chi connectivity index (χ1v) is 4.15. The lowest BCUT2D eigenvalue weighted by Crippen LogP contribution is -2.02. The van der Waals surface area contributed by atoms with Crippen LogP contribution >= 0.6 is 0 Å². The monoisotopic (exact) mass is 207 g/mol. The first kappa shape index (κ1) is 11.1. The molecule has 0 N–H and O–H groups in total. The highest BCUT2D eigenvalue weighted by atomic mass is 19.3. The van der Waals surface area contributed by atoms with Crippen molar-refractivity contribution >= 4 is 0 Å². The molecule has 1 heterocycles. The maximum atomic E-state index is 12.5. The van der Waals surface area contributed by atoms with Crippen LogP contribution in [0.2, 0.25) is 0 Å². The second-order valence-corrected chi connectivity index (χ2v) is 2.95. The largest absolute Gasteiger partial charge is 0.280 e. The summed E-state index contributed by atoms with van der Waals surface area (Å²) in [7, 11) is 0. The van der Waals surface area contributed by atoms with Crippen LogP contribution in [0.3, 0.4) is 0 Å². The van der Waals surface area contributed by atoms with Crippen LogP contribution in [0.5, 0.6) is 0 Å². The van der Waals surface area contributed by atoms with Crippen molar-refractivity contribution in [2.45, 2.75) is 19.8 Å². The zero-order chi connectivity index (χ0) is 11.4. The average molecular weight is 207 g/mol. The minimum absolute atomic E-state index is 0.0213. The Morgan fingerprint density at radius 3 is 2.60 bits per heavy atom. The highest BCUT2D eigenvalue weighted by Crippen LogP contribution is 2.23. The molecule has 1 aromatic heterocycles. The number of nitriles is 2. The van der Waals surface area contributed by atoms with Crippen molar-refractivity contribution in [3.8, 4) is 12.1 Å². The Morgan fingerprint density at radius 1 is 1.47 bits per heavy atom. The third-order valence-electron chi connectivity index (χ3n) is 1.91. The summed E-state index contributed by atoms with van der Waals surface area (Å²) in [6.45, 7) is 1.60. The van der Waals surface area contributed by atoms with Gasteiger partial charge in [-0.2, -0.15) is 10.5 Å². The Hall–Kier alpha value is -2.01. The summed E-state index contributed by atoms with van der Waals surface area (Å²) in [5.41, 5.74) is 0.196. The van der Waals surface area contributed by atoms with Crippen molar-refractivity contribution in [1.82, 2.24) is 4.98 Å². The highest BCUT2D eigenvalue weighted by Gasteiger charge is 2.17. The molecule has 0 aromatic carbocycles. The van der Waals surface area contributed by atoms with Gasteiger partial charge >= 0.3 is 0 Å². The summed E-state index contributed by atoms with van der Waals surface area (Å²) in [5, 5.41) is 17.1. The quantitative estimate of drug-likeness (QED) is 0.747. The Bertz CT molecular complexity index is 455. The predicted octanol–water partition coefficient (Wildman–Crippen LogP) is 2.27. The van der Waals surface area contributed by atoms with E-state index in [-0.39, 0.29) is 17.7 Å². The van der Waals surface area contributed by atoms with Crippen LogP contribution in [-0.4, -0.2) is 4.98 Å². The zero-order valence-corrected chi connectivity index (χ0v) is 7.96. The fraction of sp³-hybridized carbons (Fsp3) is 0.300. The van der Waals surface area contributed by atoms with Gasteiger partial charge in [-0.25, -0.2) is 13.8 Å². The number of aromatic nitrogens is 1. The minimum atomic E-state index is -2.76. The molecule has 0 aliphatic rings. The molecule has 0 saturated heterocycles. The van der Waals surface area contributed by atoms with Crippen LogP contribution < -0.4 is 0 Å². The van der Waals surface area contributed by atoms with E-state index in [9.17, 15) is 8.78 Å². The van der Waals surface area contributed by atoms with Gasteiger partial charge in [-0.05, 0) is 18.1 Å². The molecule has 76 valence electrons. The van der Waals surface area contributed by atoms with Crippen LogP contribution in [0.4, 0.5) is 8.78 Å². The molecular formula is C10H7F2N3.